The van der Waals surface area contributed by atoms with Gasteiger partial charge in [0.05, 0.1) is 0 Å². The Morgan fingerprint density at radius 1 is 0.885 bits per heavy atom. The summed E-state index contributed by atoms with van der Waals surface area (Å²) in [6.07, 6.45) is 3.91. The van der Waals surface area contributed by atoms with Crippen LogP contribution in [0.1, 0.15) is 43.9 Å². The van der Waals surface area contributed by atoms with Crippen LogP contribution in [0.5, 0.6) is 11.5 Å². The van der Waals surface area contributed by atoms with Crippen molar-refractivity contribution >= 4 is 5.95 Å². The second kappa shape index (κ2) is 7.11. The van der Waals surface area contributed by atoms with Crippen LogP contribution in [0, 0.1) is 0 Å². The molecule has 3 heterocycles. The van der Waals surface area contributed by atoms with E-state index < -0.39 is 0 Å². The van der Waals surface area contributed by atoms with Gasteiger partial charge in [0, 0.05) is 44.6 Å². The first-order valence-electron chi connectivity index (χ1n) is 9.32. The van der Waals surface area contributed by atoms with Crippen LogP contribution in [0.3, 0.4) is 0 Å². The Hall–Kier alpha value is -2.34. The standard InChI is InChI=1S/C20H26N4O2/c1-14(2)17-11-21-20(22-12-17)24-8-6-23(7-9-24)15(3)16-4-5-18-19(10-16)26-13-25-18/h4-5,10-12,14-15H,6-9,13H2,1-3H3/t15-/m0/s1. The molecular weight excluding hydrogens is 328 g/mol. The van der Waals surface area contributed by atoms with Gasteiger partial charge in [-0.05, 0) is 36.1 Å². The van der Waals surface area contributed by atoms with Crippen LogP contribution < -0.4 is 14.4 Å². The minimum absolute atomic E-state index is 0.321. The lowest BCUT2D eigenvalue weighted by Gasteiger charge is -2.38. The third-order valence-electron chi connectivity index (χ3n) is 5.35. The van der Waals surface area contributed by atoms with Gasteiger partial charge in [0.2, 0.25) is 12.7 Å². The van der Waals surface area contributed by atoms with Crippen LogP contribution >= 0.6 is 0 Å². The molecule has 1 fully saturated rings. The Bertz CT molecular complexity index is 755. The quantitative estimate of drug-likeness (QED) is 0.840. The lowest BCUT2D eigenvalue weighted by Crippen LogP contribution is -2.47. The maximum Gasteiger partial charge on any atom is 0.231 e. The number of ether oxygens (including phenoxy) is 2. The van der Waals surface area contributed by atoms with E-state index >= 15 is 0 Å². The SMILES string of the molecule is CC(C)c1cnc(N2CCN([C@@H](C)c3ccc4c(c3)OCO4)CC2)nc1. The van der Waals surface area contributed by atoms with Crippen molar-refractivity contribution in [3.8, 4) is 11.5 Å². The molecule has 0 spiro atoms. The fourth-order valence-corrected chi connectivity index (χ4v) is 3.49. The van der Waals surface area contributed by atoms with Gasteiger partial charge in [-0.25, -0.2) is 9.97 Å². The summed E-state index contributed by atoms with van der Waals surface area (Å²) in [4.78, 5) is 13.9. The average Bonchev–Trinajstić information content (AvgIpc) is 3.15. The van der Waals surface area contributed by atoms with Gasteiger partial charge in [0.25, 0.3) is 0 Å². The summed E-state index contributed by atoms with van der Waals surface area (Å²) in [5.41, 5.74) is 2.45. The molecule has 138 valence electrons. The lowest BCUT2D eigenvalue weighted by molar-refractivity contribution is 0.173. The molecule has 2 aromatic rings. The summed E-state index contributed by atoms with van der Waals surface area (Å²) in [6, 6.07) is 6.59. The highest BCUT2D eigenvalue weighted by atomic mass is 16.7. The maximum absolute atomic E-state index is 5.51. The van der Waals surface area contributed by atoms with Crippen molar-refractivity contribution in [3.63, 3.8) is 0 Å². The molecule has 4 rings (SSSR count). The zero-order valence-corrected chi connectivity index (χ0v) is 15.7. The fourth-order valence-electron chi connectivity index (χ4n) is 3.49. The number of aromatic nitrogens is 2. The van der Waals surface area contributed by atoms with Gasteiger partial charge in [-0.2, -0.15) is 0 Å². The van der Waals surface area contributed by atoms with Crippen molar-refractivity contribution < 1.29 is 9.47 Å². The molecule has 0 aliphatic carbocycles. The molecule has 0 N–H and O–H groups in total. The predicted octanol–water partition coefficient (Wildman–Crippen LogP) is 3.21. The molecule has 1 aromatic carbocycles. The fraction of sp³-hybridized carbons (Fsp3) is 0.500. The van der Waals surface area contributed by atoms with Crippen LogP contribution in [0.15, 0.2) is 30.6 Å². The summed E-state index contributed by atoms with van der Waals surface area (Å²) < 4.78 is 10.9. The van der Waals surface area contributed by atoms with Gasteiger partial charge in [-0.1, -0.05) is 19.9 Å². The molecule has 0 amide bonds. The number of fused-ring (bicyclic) bond motifs is 1. The van der Waals surface area contributed by atoms with Crippen LogP contribution in [0.2, 0.25) is 0 Å². The predicted molar refractivity (Wildman–Crippen MR) is 101 cm³/mol. The number of piperazine rings is 1. The van der Waals surface area contributed by atoms with E-state index in [0.717, 1.165) is 43.6 Å². The number of hydrogen-bond donors (Lipinski definition) is 0. The molecule has 2 aliphatic rings. The Morgan fingerprint density at radius 3 is 2.27 bits per heavy atom. The number of nitrogens with zero attached hydrogens (tertiary/aromatic N) is 4. The van der Waals surface area contributed by atoms with E-state index in [4.69, 9.17) is 9.47 Å². The Balaban J connectivity index is 1.38. The van der Waals surface area contributed by atoms with Gasteiger partial charge in [-0.3, -0.25) is 4.90 Å². The first-order valence-corrected chi connectivity index (χ1v) is 9.32. The van der Waals surface area contributed by atoms with E-state index in [9.17, 15) is 0 Å². The Morgan fingerprint density at radius 2 is 1.58 bits per heavy atom. The smallest absolute Gasteiger partial charge is 0.231 e. The molecule has 1 saturated heterocycles. The summed E-state index contributed by atoms with van der Waals surface area (Å²) >= 11 is 0. The number of rotatable bonds is 4. The van der Waals surface area contributed by atoms with Crippen LogP contribution in [0.25, 0.3) is 0 Å². The minimum atomic E-state index is 0.321. The molecule has 0 saturated carbocycles. The second-order valence-corrected chi connectivity index (χ2v) is 7.28. The minimum Gasteiger partial charge on any atom is -0.454 e. The van der Waals surface area contributed by atoms with Gasteiger partial charge in [0.1, 0.15) is 0 Å². The Kier molecular flexibility index (Phi) is 4.68. The van der Waals surface area contributed by atoms with E-state index in [0.29, 0.717) is 18.8 Å². The van der Waals surface area contributed by atoms with Crippen molar-refractivity contribution in [2.24, 2.45) is 0 Å². The largest absolute Gasteiger partial charge is 0.454 e. The van der Waals surface area contributed by atoms with Gasteiger partial charge in [0.15, 0.2) is 11.5 Å². The van der Waals surface area contributed by atoms with Crippen molar-refractivity contribution in [2.75, 3.05) is 37.9 Å². The average molecular weight is 354 g/mol. The first kappa shape index (κ1) is 17.1. The third-order valence-corrected chi connectivity index (χ3v) is 5.35. The second-order valence-electron chi connectivity index (χ2n) is 7.28. The lowest BCUT2D eigenvalue weighted by atomic mass is 10.1. The summed E-state index contributed by atoms with van der Waals surface area (Å²) in [6.45, 7) is 10.8. The van der Waals surface area contributed by atoms with E-state index in [1.54, 1.807) is 0 Å². The van der Waals surface area contributed by atoms with E-state index in [-0.39, 0.29) is 0 Å². The normalized spacial score (nSPS) is 18.4. The highest BCUT2D eigenvalue weighted by molar-refractivity contribution is 5.45. The van der Waals surface area contributed by atoms with E-state index in [1.165, 1.54) is 11.1 Å². The molecule has 26 heavy (non-hydrogen) atoms. The van der Waals surface area contributed by atoms with Crippen molar-refractivity contribution in [3.05, 3.63) is 41.7 Å². The molecule has 1 aromatic heterocycles. The van der Waals surface area contributed by atoms with Gasteiger partial charge < -0.3 is 14.4 Å². The summed E-state index contributed by atoms with van der Waals surface area (Å²) in [7, 11) is 0. The molecule has 6 heteroatoms. The van der Waals surface area contributed by atoms with Crippen LogP contribution in [-0.4, -0.2) is 47.8 Å². The Labute approximate surface area is 154 Å². The zero-order valence-electron chi connectivity index (χ0n) is 15.7. The summed E-state index contributed by atoms with van der Waals surface area (Å²) in [5.74, 6) is 2.99. The van der Waals surface area contributed by atoms with Crippen molar-refractivity contribution in [2.45, 2.75) is 32.7 Å². The number of hydrogen-bond acceptors (Lipinski definition) is 6. The maximum atomic E-state index is 5.51. The molecule has 1 atom stereocenters. The molecule has 0 bridgehead atoms. The van der Waals surface area contributed by atoms with Crippen molar-refractivity contribution in [1.29, 1.82) is 0 Å². The molecule has 0 unspecified atom stereocenters. The van der Waals surface area contributed by atoms with Gasteiger partial charge in [-0.15, -0.1) is 0 Å². The first-order chi connectivity index (χ1) is 12.6. The number of anilines is 1. The van der Waals surface area contributed by atoms with E-state index in [1.807, 2.05) is 18.5 Å². The monoisotopic (exact) mass is 354 g/mol. The molecule has 2 aliphatic heterocycles. The van der Waals surface area contributed by atoms with Crippen LogP contribution in [-0.2, 0) is 0 Å². The number of benzene rings is 1. The third kappa shape index (κ3) is 3.33. The highest BCUT2D eigenvalue weighted by Crippen LogP contribution is 2.35. The molecule has 0 radical (unpaired) electrons. The van der Waals surface area contributed by atoms with Crippen molar-refractivity contribution in [1.82, 2.24) is 14.9 Å². The van der Waals surface area contributed by atoms with Gasteiger partial charge >= 0.3 is 0 Å². The molecular formula is C20H26N4O2. The summed E-state index contributed by atoms with van der Waals surface area (Å²) in [5, 5.41) is 0. The van der Waals surface area contributed by atoms with Crippen LogP contribution in [0.4, 0.5) is 5.95 Å². The molecule has 6 nitrogen and oxygen atoms in total. The zero-order chi connectivity index (χ0) is 18.1. The highest BCUT2D eigenvalue weighted by Gasteiger charge is 2.25. The van der Waals surface area contributed by atoms with E-state index in [2.05, 4.69) is 52.7 Å². The topological polar surface area (TPSA) is 50.7 Å².